The number of methoxy groups -OCH3 is 1. The average molecular weight is 326 g/mol. The van der Waals surface area contributed by atoms with Crippen molar-refractivity contribution in [1.82, 2.24) is 30.8 Å². The lowest BCUT2D eigenvalue weighted by molar-refractivity contribution is 0.104. The molecule has 0 saturated carbocycles. The highest BCUT2D eigenvalue weighted by Gasteiger charge is 2.12. The van der Waals surface area contributed by atoms with E-state index in [2.05, 4.69) is 30.8 Å². The SMILES string of the molecule is COc1ccc(Cc2cc(C(=O)C=C(O)c3nn[nH]n3)[nH]n2)cc1. The molecule has 0 spiro atoms. The number of aromatic nitrogens is 6. The lowest BCUT2D eigenvalue weighted by Crippen LogP contribution is -1.98. The molecule has 0 aliphatic rings. The fraction of sp³-hybridized carbons (Fsp3) is 0.133. The van der Waals surface area contributed by atoms with Crippen LogP contribution in [0.25, 0.3) is 5.76 Å². The van der Waals surface area contributed by atoms with Crippen LogP contribution in [0.5, 0.6) is 5.75 Å². The molecule has 0 radical (unpaired) electrons. The van der Waals surface area contributed by atoms with Crippen LogP contribution in [-0.4, -0.2) is 48.8 Å². The second-order valence-corrected chi connectivity index (χ2v) is 4.93. The molecule has 3 aromatic rings. The molecule has 0 unspecified atom stereocenters. The van der Waals surface area contributed by atoms with Crippen LogP contribution in [0.15, 0.2) is 36.4 Å². The number of ether oxygens (including phenoxy) is 1. The number of nitrogens with zero attached hydrogens (tertiary/aromatic N) is 4. The van der Waals surface area contributed by atoms with Gasteiger partial charge in [0.2, 0.25) is 11.6 Å². The smallest absolute Gasteiger partial charge is 0.239 e. The number of tetrazole rings is 1. The van der Waals surface area contributed by atoms with Gasteiger partial charge in [0, 0.05) is 12.5 Å². The zero-order valence-corrected chi connectivity index (χ0v) is 12.7. The molecule has 0 aliphatic carbocycles. The van der Waals surface area contributed by atoms with Gasteiger partial charge in [0.25, 0.3) is 0 Å². The molecule has 2 heterocycles. The molecular weight excluding hydrogens is 312 g/mol. The lowest BCUT2D eigenvalue weighted by Gasteiger charge is -2.01. The number of ketones is 1. The Bertz CT molecular complexity index is 852. The van der Waals surface area contributed by atoms with Crippen molar-refractivity contribution in [3.63, 3.8) is 0 Å². The molecule has 0 aliphatic heterocycles. The van der Waals surface area contributed by atoms with Crippen molar-refractivity contribution in [2.45, 2.75) is 6.42 Å². The topological polar surface area (TPSA) is 130 Å². The Balaban J connectivity index is 1.70. The van der Waals surface area contributed by atoms with Gasteiger partial charge in [-0.2, -0.15) is 10.3 Å². The van der Waals surface area contributed by atoms with Crippen LogP contribution in [0.1, 0.15) is 27.6 Å². The van der Waals surface area contributed by atoms with E-state index in [-0.39, 0.29) is 17.3 Å². The molecule has 0 amide bonds. The molecule has 9 heteroatoms. The summed E-state index contributed by atoms with van der Waals surface area (Å²) in [5.41, 5.74) is 2.00. The third-order valence-corrected chi connectivity index (χ3v) is 3.28. The van der Waals surface area contributed by atoms with Crippen molar-refractivity contribution in [3.05, 3.63) is 59.2 Å². The van der Waals surface area contributed by atoms with Gasteiger partial charge in [-0.3, -0.25) is 9.89 Å². The minimum Gasteiger partial charge on any atom is -0.504 e. The van der Waals surface area contributed by atoms with E-state index in [0.717, 1.165) is 17.4 Å². The minimum atomic E-state index is -0.439. The predicted octanol–water partition coefficient (Wildman–Crippen LogP) is 1.30. The second kappa shape index (κ2) is 6.73. The number of carbonyl (C=O) groups is 1. The predicted molar refractivity (Wildman–Crippen MR) is 83.5 cm³/mol. The van der Waals surface area contributed by atoms with E-state index in [4.69, 9.17) is 4.74 Å². The van der Waals surface area contributed by atoms with E-state index in [1.54, 1.807) is 13.2 Å². The fourth-order valence-corrected chi connectivity index (χ4v) is 2.07. The fourth-order valence-electron chi connectivity index (χ4n) is 2.07. The Hall–Kier alpha value is -3.49. The molecule has 24 heavy (non-hydrogen) atoms. The van der Waals surface area contributed by atoms with Crippen molar-refractivity contribution in [2.75, 3.05) is 7.11 Å². The van der Waals surface area contributed by atoms with Crippen LogP contribution in [0.4, 0.5) is 0 Å². The number of aliphatic hydroxyl groups is 1. The highest BCUT2D eigenvalue weighted by molar-refractivity contribution is 6.06. The van der Waals surface area contributed by atoms with Crippen molar-refractivity contribution in [3.8, 4) is 5.75 Å². The summed E-state index contributed by atoms with van der Waals surface area (Å²) in [6.07, 6.45) is 1.57. The summed E-state index contributed by atoms with van der Waals surface area (Å²) in [5, 5.41) is 29.2. The highest BCUT2D eigenvalue weighted by atomic mass is 16.5. The largest absolute Gasteiger partial charge is 0.504 e. The van der Waals surface area contributed by atoms with Crippen LogP contribution in [0, 0.1) is 0 Å². The molecule has 2 aromatic heterocycles. The number of hydrogen-bond donors (Lipinski definition) is 3. The van der Waals surface area contributed by atoms with E-state index in [1.807, 2.05) is 24.3 Å². The Morgan fingerprint density at radius 2 is 2.08 bits per heavy atom. The van der Waals surface area contributed by atoms with Crippen molar-refractivity contribution >= 4 is 11.5 Å². The zero-order valence-electron chi connectivity index (χ0n) is 12.7. The summed E-state index contributed by atoms with van der Waals surface area (Å²) in [6.45, 7) is 0. The maximum absolute atomic E-state index is 12.1. The quantitative estimate of drug-likeness (QED) is 0.353. The number of allylic oxidation sites excluding steroid dienone is 1. The molecule has 0 saturated heterocycles. The average Bonchev–Trinajstić information content (AvgIpc) is 3.27. The standard InChI is InChI=1S/C15H14N6O3/c1-24-11-4-2-9(3-5-11)6-10-7-12(17-16-10)13(22)8-14(23)15-18-20-21-19-15/h2-5,7-8,23H,6H2,1H3,(H,16,17)(H,18,19,20,21). The summed E-state index contributed by atoms with van der Waals surface area (Å²) in [7, 11) is 1.61. The van der Waals surface area contributed by atoms with Crippen LogP contribution < -0.4 is 4.74 Å². The third kappa shape index (κ3) is 3.46. The number of rotatable bonds is 6. The molecule has 3 N–H and O–H groups in total. The van der Waals surface area contributed by atoms with Gasteiger partial charge in [0.1, 0.15) is 11.4 Å². The summed E-state index contributed by atoms with van der Waals surface area (Å²) >= 11 is 0. The molecule has 0 fully saturated rings. The summed E-state index contributed by atoms with van der Waals surface area (Å²) in [4.78, 5) is 12.1. The molecular formula is C15H14N6O3. The number of aliphatic hydroxyl groups excluding tert-OH is 1. The van der Waals surface area contributed by atoms with E-state index in [0.29, 0.717) is 12.1 Å². The zero-order chi connectivity index (χ0) is 16.9. The van der Waals surface area contributed by atoms with Gasteiger partial charge in [-0.05, 0) is 29.0 Å². The molecule has 1 aromatic carbocycles. The minimum absolute atomic E-state index is 0.0543. The Kier molecular flexibility index (Phi) is 4.32. The first-order valence-electron chi connectivity index (χ1n) is 7.01. The summed E-state index contributed by atoms with van der Waals surface area (Å²) in [6, 6.07) is 9.21. The Morgan fingerprint density at radius 1 is 1.29 bits per heavy atom. The van der Waals surface area contributed by atoms with Gasteiger partial charge in [-0.25, -0.2) is 0 Å². The number of aromatic amines is 2. The number of carbonyl (C=O) groups excluding carboxylic acids is 1. The molecule has 0 atom stereocenters. The summed E-state index contributed by atoms with van der Waals surface area (Å²) in [5.74, 6) is -0.0918. The summed E-state index contributed by atoms with van der Waals surface area (Å²) < 4.78 is 5.11. The van der Waals surface area contributed by atoms with Gasteiger partial charge in [-0.1, -0.05) is 12.1 Å². The maximum atomic E-state index is 12.1. The molecule has 3 rings (SSSR count). The molecule has 122 valence electrons. The van der Waals surface area contributed by atoms with Crippen molar-refractivity contribution in [1.29, 1.82) is 0 Å². The van der Waals surface area contributed by atoms with Crippen LogP contribution >= 0.6 is 0 Å². The maximum Gasteiger partial charge on any atom is 0.239 e. The first-order valence-corrected chi connectivity index (χ1v) is 7.01. The Morgan fingerprint density at radius 3 is 2.75 bits per heavy atom. The second-order valence-electron chi connectivity index (χ2n) is 4.93. The van der Waals surface area contributed by atoms with Gasteiger partial charge in [-0.15, -0.1) is 10.2 Å². The van der Waals surface area contributed by atoms with Gasteiger partial charge >= 0.3 is 0 Å². The number of benzene rings is 1. The van der Waals surface area contributed by atoms with Crippen LogP contribution in [0.2, 0.25) is 0 Å². The van der Waals surface area contributed by atoms with Gasteiger partial charge in [0.05, 0.1) is 12.8 Å². The Labute approximate surface area is 136 Å². The lowest BCUT2D eigenvalue weighted by atomic mass is 10.1. The van der Waals surface area contributed by atoms with Gasteiger partial charge in [0.15, 0.2) is 5.76 Å². The normalized spacial score (nSPS) is 11.5. The number of H-pyrrole nitrogens is 2. The van der Waals surface area contributed by atoms with E-state index in [9.17, 15) is 9.90 Å². The van der Waals surface area contributed by atoms with Gasteiger partial charge < -0.3 is 9.84 Å². The number of nitrogens with one attached hydrogen (secondary N) is 2. The van der Waals surface area contributed by atoms with E-state index < -0.39 is 5.78 Å². The van der Waals surface area contributed by atoms with Crippen LogP contribution in [0.3, 0.4) is 0 Å². The van der Waals surface area contributed by atoms with E-state index in [1.165, 1.54) is 0 Å². The van der Waals surface area contributed by atoms with Crippen molar-refractivity contribution < 1.29 is 14.6 Å². The first kappa shape index (κ1) is 15.4. The van der Waals surface area contributed by atoms with E-state index >= 15 is 0 Å². The number of hydrogen-bond acceptors (Lipinski definition) is 7. The molecule has 0 bridgehead atoms. The van der Waals surface area contributed by atoms with Crippen molar-refractivity contribution in [2.24, 2.45) is 0 Å². The third-order valence-electron chi connectivity index (χ3n) is 3.28. The first-order chi connectivity index (χ1) is 11.7. The van der Waals surface area contributed by atoms with Crippen LogP contribution in [-0.2, 0) is 6.42 Å². The molecule has 9 nitrogen and oxygen atoms in total. The highest BCUT2D eigenvalue weighted by Crippen LogP contribution is 2.15. The monoisotopic (exact) mass is 326 g/mol.